The predicted molar refractivity (Wildman–Crippen MR) is 133 cm³/mol. The lowest BCUT2D eigenvalue weighted by atomic mass is 10.00. The zero-order chi connectivity index (χ0) is 23.7. The van der Waals surface area contributed by atoms with E-state index in [1.807, 2.05) is 45.0 Å². The normalized spacial score (nSPS) is 15.0. The number of hydrogen-bond donors (Lipinski definition) is 0. The molecule has 0 unspecified atom stereocenters. The number of rotatable bonds is 5. The second-order valence-corrected chi connectivity index (χ2v) is 9.93. The van der Waals surface area contributed by atoms with Gasteiger partial charge in [0.15, 0.2) is 5.69 Å². The first kappa shape index (κ1) is 23.5. The number of nitrogens with zero attached hydrogens (tertiary/aromatic N) is 4. The van der Waals surface area contributed by atoms with Gasteiger partial charge in [-0.1, -0.05) is 74.0 Å². The molecule has 2 heterocycles. The fourth-order valence-corrected chi connectivity index (χ4v) is 4.85. The Morgan fingerprint density at radius 3 is 2.67 bits per heavy atom. The van der Waals surface area contributed by atoms with Gasteiger partial charge in [-0.25, -0.2) is 0 Å². The van der Waals surface area contributed by atoms with Gasteiger partial charge in [0.05, 0.1) is 5.69 Å². The number of thioether (sulfide) groups is 1. The van der Waals surface area contributed by atoms with E-state index in [0.29, 0.717) is 39.7 Å². The number of carbonyl (C=O) groups is 1. The number of amides is 1. The summed E-state index contributed by atoms with van der Waals surface area (Å²) < 4.78 is 6.48. The van der Waals surface area contributed by atoms with Gasteiger partial charge >= 0.3 is 0 Å². The Morgan fingerprint density at radius 1 is 1.21 bits per heavy atom. The fourth-order valence-electron chi connectivity index (χ4n) is 3.89. The van der Waals surface area contributed by atoms with Crippen LogP contribution in [0.1, 0.15) is 50.1 Å². The van der Waals surface area contributed by atoms with Gasteiger partial charge in [0.2, 0.25) is 23.2 Å². The standard InChI is InChI=1S/C25H27ClN4O2S/c1-6-20(31)30-22-16(5)11-15(4)12-18(22)21-23(27-25(29-28-21)33-13-14(2)3)32-24(30)17-9-7-8-10-19(17)26/h7-12,14,24H,6,13H2,1-5H3/t24-/m0/s1. The van der Waals surface area contributed by atoms with Crippen molar-refractivity contribution in [2.24, 2.45) is 5.92 Å². The van der Waals surface area contributed by atoms with Gasteiger partial charge < -0.3 is 4.74 Å². The lowest BCUT2D eigenvalue weighted by Gasteiger charge is -2.32. The van der Waals surface area contributed by atoms with Crippen LogP contribution in [0, 0.1) is 19.8 Å². The van der Waals surface area contributed by atoms with Crippen LogP contribution in [0.4, 0.5) is 5.69 Å². The number of anilines is 1. The van der Waals surface area contributed by atoms with Crippen LogP contribution in [0.2, 0.25) is 5.02 Å². The molecule has 0 spiro atoms. The maximum Gasteiger partial charge on any atom is 0.247 e. The summed E-state index contributed by atoms with van der Waals surface area (Å²) in [5.41, 5.74) is 4.73. The molecule has 172 valence electrons. The summed E-state index contributed by atoms with van der Waals surface area (Å²) in [5.74, 6) is 1.61. The molecule has 1 atom stereocenters. The van der Waals surface area contributed by atoms with Gasteiger partial charge in [-0.2, -0.15) is 4.98 Å². The molecule has 0 saturated heterocycles. The highest BCUT2D eigenvalue weighted by Crippen LogP contribution is 2.46. The third-order valence-electron chi connectivity index (χ3n) is 5.32. The first-order valence-electron chi connectivity index (χ1n) is 11.0. The minimum Gasteiger partial charge on any atom is -0.447 e. The predicted octanol–water partition coefficient (Wildman–Crippen LogP) is 6.39. The highest BCUT2D eigenvalue weighted by molar-refractivity contribution is 7.99. The molecule has 0 fully saturated rings. The second kappa shape index (κ2) is 9.69. The average Bonchev–Trinajstić information content (AvgIpc) is 2.92. The van der Waals surface area contributed by atoms with E-state index >= 15 is 0 Å². The number of carbonyl (C=O) groups excluding carboxylic acids is 1. The molecule has 4 rings (SSSR count). The third kappa shape index (κ3) is 4.70. The van der Waals surface area contributed by atoms with E-state index in [-0.39, 0.29) is 5.91 Å². The summed E-state index contributed by atoms with van der Waals surface area (Å²) in [6, 6.07) is 11.5. The van der Waals surface area contributed by atoms with E-state index < -0.39 is 6.23 Å². The number of hydrogen-bond acceptors (Lipinski definition) is 6. The molecule has 0 bridgehead atoms. The number of halogens is 1. The number of aromatic nitrogens is 3. The molecule has 1 amide bonds. The van der Waals surface area contributed by atoms with Crippen LogP contribution in [0.5, 0.6) is 5.88 Å². The van der Waals surface area contributed by atoms with Crippen molar-refractivity contribution in [2.45, 2.75) is 52.4 Å². The number of ether oxygens (including phenoxy) is 1. The molecule has 0 aliphatic carbocycles. The van der Waals surface area contributed by atoms with Crippen LogP contribution < -0.4 is 9.64 Å². The lowest BCUT2D eigenvalue weighted by Crippen LogP contribution is -2.38. The van der Waals surface area contributed by atoms with Crippen molar-refractivity contribution in [2.75, 3.05) is 10.7 Å². The average molecular weight is 483 g/mol. The molecule has 0 radical (unpaired) electrons. The monoisotopic (exact) mass is 482 g/mol. The van der Waals surface area contributed by atoms with E-state index in [2.05, 4.69) is 30.1 Å². The molecular formula is C25H27ClN4O2S. The van der Waals surface area contributed by atoms with Crippen molar-refractivity contribution in [3.05, 3.63) is 58.1 Å². The Balaban J connectivity index is 1.98. The molecular weight excluding hydrogens is 456 g/mol. The van der Waals surface area contributed by atoms with Crippen LogP contribution in [0.15, 0.2) is 41.6 Å². The van der Waals surface area contributed by atoms with Crippen LogP contribution in [0.3, 0.4) is 0 Å². The molecule has 1 aliphatic rings. The molecule has 1 aromatic heterocycles. The fraction of sp³-hybridized carbons (Fsp3) is 0.360. The van der Waals surface area contributed by atoms with Crippen molar-refractivity contribution in [3.63, 3.8) is 0 Å². The maximum atomic E-state index is 13.4. The zero-order valence-electron chi connectivity index (χ0n) is 19.4. The largest absolute Gasteiger partial charge is 0.447 e. The van der Waals surface area contributed by atoms with Crippen molar-refractivity contribution >= 4 is 35.0 Å². The van der Waals surface area contributed by atoms with E-state index in [0.717, 1.165) is 28.1 Å². The lowest BCUT2D eigenvalue weighted by molar-refractivity contribution is -0.120. The third-order valence-corrected chi connectivity index (χ3v) is 6.93. The number of aryl methyl sites for hydroxylation is 2. The van der Waals surface area contributed by atoms with Gasteiger partial charge in [0.1, 0.15) is 0 Å². The zero-order valence-corrected chi connectivity index (χ0v) is 21.0. The Morgan fingerprint density at radius 2 is 1.97 bits per heavy atom. The number of benzene rings is 2. The first-order chi connectivity index (χ1) is 15.8. The molecule has 6 nitrogen and oxygen atoms in total. The molecule has 8 heteroatoms. The van der Waals surface area contributed by atoms with Crippen LogP contribution >= 0.6 is 23.4 Å². The quantitative estimate of drug-likeness (QED) is 0.392. The van der Waals surface area contributed by atoms with Crippen LogP contribution in [-0.4, -0.2) is 26.8 Å². The summed E-state index contributed by atoms with van der Waals surface area (Å²) in [6.07, 6.45) is -0.477. The van der Waals surface area contributed by atoms with Crippen LogP contribution in [0.25, 0.3) is 11.3 Å². The maximum absolute atomic E-state index is 13.4. The van der Waals surface area contributed by atoms with E-state index in [4.69, 9.17) is 21.3 Å². The van der Waals surface area contributed by atoms with Crippen molar-refractivity contribution in [1.29, 1.82) is 0 Å². The second-order valence-electron chi connectivity index (χ2n) is 8.54. The van der Waals surface area contributed by atoms with E-state index in [1.54, 1.807) is 11.0 Å². The summed E-state index contributed by atoms with van der Waals surface area (Å²) >= 11 is 8.12. The highest BCUT2D eigenvalue weighted by atomic mass is 35.5. The molecule has 0 N–H and O–H groups in total. The Labute approximate surface area is 203 Å². The Hall–Kier alpha value is -2.64. The van der Waals surface area contributed by atoms with Crippen LogP contribution in [-0.2, 0) is 4.79 Å². The molecule has 2 aromatic carbocycles. The van der Waals surface area contributed by atoms with E-state index in [9.17, 15) is 4.79 Å². The summed E-state index contributed by atoms with van der Waals surface area (Å²) in [7, 11) is 0. The molecule has 1 aliphatic heterocycles. The van der Waals surface area contributed by atoms with Gasteiger partial charge in [-0.05, 0) is 37.5 Å². The van der Waals surface area contributed by atoms with E-state index in [1.165, 1.54) is 11.8 Å². The van der Waals surface area contributed by atoms with Crippen molar-refractivity contribution in [1.82, 2.24) is 15.2 Å². The van der Waals surface area contributed by atoms with Gasteiger partial charge in [-0.15, -0.1) is 10.2 Å². The van der Waals surface area contributed by atoms with Crippen molar-refractivity contribution < 1.29 is 9.53 Å². The summed E-state index contributed by atoms with van der Waals surface area (Å²) in [6.45, 7) is 10.1. The molecule has 3 aromatic rings. The van der Waals surface area contributed by atoms with Gasteiger partial charge in [-0.3, -0.25) is 9.69 Å². The first-order valence-corrected chi connectivity index (χ1v) is 12.4. The molecule has 33 heavy (non-hydrogen) atoms. The van der Waals surface area contributed by atoms with Gasteiger partial charge in [0.25, 0.3) is 0 Å². The summed E-state index contributed by atoms with van der Waals surface area (Å²) in [4.78, 5) is 19.8. The number of fused-ring (bicyclic) bond motifs is 3. The molecule has 0 saturated carbocycles. The minimum atomic E-state index is -0.785. The smallest absolute Gasteiger partial charge is 0.247 e. The van der Waals surface area contributed by atoms with Crippen molar-refractivity contribution in [3.8, 4) is 17.1 Å². The highest BCUT2D eigenvalue weighted by Gasteiger charge is 2.37. The summed E-state index contributed by atoms with van der Waals surface area (Å²) in [5, 5.41) is 9.94. The van der Waals surface area contributed by atoms with Gasteiger partial charge in [0, 0.05) is 28.3 Å². The Kier molecular flexibility index (Phi) is 6.91. The topological polar surface area (TPSA) is 68.2 Å². The Bertz CT molecular complexity index is 1200. The SMILES string of the molecule is CCC(=O)N1c2c(C)cc(C)cc2-c2nnc(SCC(C)C)nc2O[C@H]1c1ccccc1Cl. The minimum absolute atomic E-state index is 0.0803.